The number of nitrogens with one attached hydrogen (secondary N) is 2. The monoisotopic (exact) mass is 424 g/mol. The molecule has 6 heteroatoms. The summed E-state index contributed by atoms with van der Waals surface area (Å²) < 4.78 is 4.66. The molecule has 0 spiro atoms. The summed E-state index contributed by atoms with van der Waals surface area (Å²) >= 11 is 0. The third-order valence-electron chi connectivity index (χ3n) is 5.06. The first-order valence-corrected chi connectivity index (χ1v) is 10.7. The second-order valence-electron chi connectivity index (χ2n) is 7.61. The second-order valence-corrected chi connectivity index (χ2v) is 7.61. The SMILES string of the molecule is COC(=O)C(C)NC(=O)C(Cc1ccccc1)NC(=O)CCCCCc1ccccc1. The number of hydrogen-bond acceptors (Lipinski definition) is 4. The van der Waals surface area contributed by atoms with Gasteiger partial charge in [-0.3, -0.25) is 9.59 Å². The fourth-order valence-corrected chi connectivity index (χ4v) is 3.31. The Balaban J connectivity index is 1.84. The number of esters is 1. The van der Waals surface area contributed by atoms with Crippen molar-refractivity contribution in [1.29, 1.82) is 0 Å². The van der Waals surface area contributed by atoms with E-state index in [1.807, 2.05) is 48.5 Å². The molecule has 0 aromatic heterocycles. The topological polar surface area (TPSA) is 84.5 Å². The Morgan fingerprint density at radius 1 is 0.839 bits per heavy atom. The molecule has 2 atom stereocenters. The van der Waals surface area contributed by atoms with E-state index >= 15 is 0 Å². The Labute approximate surface area is 184 Å². The Morgan fingerprint density at radius 3 is 2.06 bits per heavy atom. The summed E-state index contributed by atoms with van der Waals surface area (Å²) in [5, 5.41) is 5.46. The number of unbranched alkanes of at least 4 members (excludes halogenated alkanes) is 2. The molecule has 0 fully saturated rings. The van der Waals surface area contributed by atoms with Gasteiger partial charge < -0.3 is 15.4 Å². The fraction of sp³-hybridized carbons (Fsp3) is 0.400. The Hall–Kier alpha value is -3.15. The zero-order valence-corrected chi connectivity index (χ0v) is 18.3. The molecule has 2 rings (SSSR count). The average molecular weight is 425 g/mol. The number of rotatable bonds is 12. The Morgan fingerprint density at radius 2 is 1.45 bits per heavy atom. The lowest BCUT2D eigenvalue weighted by atomic mass is 10.0. The normalized spacial score (nSPS) is 12.5. The van der Waals surface area contributed by atoms with E-state index in [0.717, 1.165) is 31.2 Å². The Kier molecular flexibility index (Phi) is 10.3. The van der Waals surface area contributed by atoms with Crippen LogP contribution in [0.1, 0.15) is 43.7 Å². The van der Waals surface area contributed by atoms with E-state index in [9.17, 15) is 14.4 Å². The molecule has 0 radical (unpaired) electrons. The highest BCUT2D eigenvalue weighted by molar-refractivity contribution is 5.90. The molecule has 0 aliphatic carbocycles. The minimum Gasteiger partial charge on any atom is -0.467 e. The summed E-state index contributed by atoms with van der Waals surface area (Å²) in [4.78, 5) is 36.8. The van der Waals surface area contributed by atoms with Gasteiger partial charge in [0.25, 0.3) is 0 Å². The van der Waals surface area contributed by atoms with E-state index in [1.54, 1.807) is 6.92 Å². The van der Waals surface area contributed by atoms with E-state index in [0.29, 0.717) is 12.8 Å². The molecule has 0 aliphatic rings. The molecule has 166 valence electrons. The molecule has 31 heavy (non-hydrogen) atoms. The summed E-state index contributed by atoms with van der Waals surface area (Å²) in [5.41, 5.74) is 2.22. The van der Waals surface area contributed by atoms with E-state index < -0.39 is 24.0 Å². The van der Waals surface area contributed by atoms with Gasteiger partial charge in [0.05, 0.1) is 7.11 Å². The van der Waals surface area contributed by atoms with E-state index in [2.05, 4.69) is 27.5 Å². The van der Waals surface area contributed by atoms with Gasteiger partial charge in [-0.25, -0.2) is 4.79 Å². The first-order valence-electron chi connectivity index (χ1n) is 10.7. The molecule has 2 aromatic carbocycles. The number of ether oxygens (including phenoxy) is 1. The first-order chi connectivity index (χ1) is 15.0. The molecule has 0 saturated carbocycles. The third kappa shape index (κ3) is 9.03. The number of aryl methyl sites for hydroxylation is 1. The highest BCUT2D eigenvalue weighted by Crippen LogP contribution is 2.09. The molecular formula is C25H32N2O4. The van der Waals surface area contributed by atoms with Crippen molar-refractivity contribution >= 4 is 17.8 Å². The van der Waals surface area contributed by atoms with Crippen LogP contribution < -0.4 is 10.6 Å². The van der Waals surface area contributed by atoms with Crippen LogP contribution >= 0.6 is 0 Å². The highest BCUT2D eigenvalue weighted by Gasteiger charge is 2.24. The van der Waals surface area contributed by atoms with Crippen molar-refractivity contribution in [3.05, 3.63) is 71.8 Å². The van der Waals surface area contributed by atoms with Crippen molar-refractivity contribution in [3.63, 3.8) is 0 Å². The average Bonchev–Trinajstić information content (AvgIpc) is 2.79. The van der Waals surface area contributed by atoms with Crippen LogP contribution in [0.2, 0.25) is 0 Å². The smallest absolute Gasteiger partial charge is 0.328 e. The second kappa shape index (κ2) is 13.2. The van der Waals surface area contributed by atoms with Crippen molar-refractivity contribution in [2.45, 2.75) is 57.5 Å². The number of amides is 2. The quantitative estimate of drug-likeness (QED) is 0.405. The Bertz CT molecular complexity index is 824. The van der Waals surface area contributed by atoms with Crippen LogP contribution in [0.5, 0.6) is 0 Å². The van der Waals surface area contributed by atoms with Crippen LogP contribution in [0.3, 0.4) is 0 Å². The summed E-state index contributed by atoms with van der Waals surface area (Å²) in [7, 11) is 1.27. The predicted octanol–water partition coefficient (Wildman–Crippen LogP) is 3.19. The van der Waals surface area contributed by atoms with E-state index in [-0.39, 0.29) is 5.91 Å². The molecule has 0 saturated heterocycles. The number of carbonyl (C=O) groups is 3. The van der Waals surface area contributed by atoms with Gasteiger partial charge in [-0.05, 0) is 37.3 Å². The number of benzene rings is 2. The van der Waals surface area contributed by atoms with E-state index in [4.69, 9.17) is 0 Å². The van der Waals surface area contributed by atoms with Crippen molar-refractivity contribution in [2.75, 3.05) is 7.11 Å². The number of carbonyl (C=O) groups excluding carboxylic acids is 3. The van der Waals surface area contributed by atoms with Crippen LogP contribution in [-0.2, 0) is 32.0 Å². The third-order valence-corrected chi connectivity index (χ3v) is 5.06. The highest BCUT2D eigenvalue weighted by atomic mass is 16.5. The van der Waals surface area contributed by atoms with E-state index in [1.165, 1.54) is 12.7 Å². The summed E-state index contributed by atoms with van der Waals surface area (Å²) in [6, 6.07) is 18.2. The molecule has 6 nitrogen and oxygen atoms in total. The van der Waals surface area contributed by atoms with Crippen molar-refractivity contribution < 1.29 is 19.1 Å². The zero-order valence-electron chi connectivity index (χ0n) is 18.3. The molecule has 2 aromatic rings. The maximum absolute atomic E-state index is 12.7. The molecule has 0 bridgehead atoms. The standard InChI is InChI=1S/C25H32N2O4/c1-19(25(30)31-2)26-24(29)22(18-21-15-9-4-10-16-21)27-23(28)17-11-5-8-14-20-12-6-3-7-13-20/h3-4,6-7,9-10,12-13,15-16,19,22H,5,8,11,14,17-18H2,1-2H3,(H,26,29)(H,27,28). The summed E-state index contributed by atoms with van der Waals surface area (Å²) in [6.45, 7) is 1.55. The summed E-state index contributed by atoms with van der Waals surface area (Å²) in [5.74, 6) is -1.10. The molecule has 2 unspecified atom stereocenters. The molecule has 2 amide bonds. The van der Waals surface area contributed by atoms with Crippen LogP contribution in [-0.4, -0.2) is 37.0 Å². The van der Waals surface area contributed by atoms with Crippen LogP contribution in [0.25, 0.3) is 0 Å². The van der Waals surface area contributed by atoms with Gasteiger partial charge >= 0.3 is 5.97 Å². The molecule has 0 heterocycles. The van der Waals surface area contributed by atoms with Crippen LogP contribution in [0, 0.1) is 0 Å². The van der Waals surface area contributed by atoms with Crippen molar-refractivity contribution in [3.8, 4) is 0 Å². The number of hydrogen-bond donors (Lipinski definition) is 2. The molecular weight excluding hydrogens is 392 g/mol. The fourth-order valence-electron chi connectivity index (χ4n) is 3.31. The van der Waals surface area contributed by atoms with Gasteiger partial charge in [0.15, 0.2) is 0 Å². The minimum absolute atomic E-state index is 0.165. The van der Waals surface area contributed by atoms with Crippen molar-refractivity contribution in [1.82, 2.24) is 10.6 Å². The van der Waals surface area contributed by atoms with Gasteiger partial charge in [0.2, 0.25) is 11.8 Å². The van der Waals surface area contributed by atoms with Gasteiger partial charge in [-0.1, -0.05) is 67.1 Å². The lowest BCUT2D eigenvalue weighted by Crippen LogP contribution is -2.51. The first kappa shape index (κ1) is 24.1. The number of methoxy groups -OCH3 is 1. The van der Waals surface area contributed by atoms with Gasteiger partial charge in [-0.2, -0.15) is 0 Å². The molecule has 2 N–H and O–H groups in total. The largest absolute Gasteiger partial charge is 0.467 e. The zero-order chi connectivity index (χ0) is 22.5. The maximum atomic E-state index is 12.7. The van der Waals surface area contributed by atoms with Gasteiger partial charge in [-0.15, -0.1) is 0 Å². The van der Waals surface area contributed by atoms with Crippen LogP contribution in [0.15, 0.2) is 60.7 Å². The van der Waals surface area contributed by atoms with Crippen LogP contribution in [0.4, 0.5) is 0 Å². The lowest BCUT2D eigenvalue weighted by Gasteiger charge is -2.20. The van der Waals surface area contributed by atoms with Crippen molar-refractivity contribution in [2.24, 2.45) is 0 Å². The van der Waals surface area contributed by atoms with Gasteiger partial charge in [0, 0.05) is 12.8 Å². The van der Waals surface area contributed by atoms with Gasteiger partial charge in [0.1, 0.15) is 12.1 Å². The minimum atomic E-state index is -0.786. The molecule has 0 aliphatic heterocycles. The lowest BCUT2D eigenvalue weighted by molar-refractivity contribution is -0.144. The predicted molar refractivity (Wildman–Crippen MR) is 120 cm³/mol. The summed E-state index contributed by atoms with van der Waals surface area (Å²) in [6.07, 6.45) is 4.42. The maximum Gasteiger partial charge on any atom is 0.328 e.